The summed E-state index contributed by atoms with van der Waals surface area (Å²) in [7, 11) is 0. The number of rotatable bonds is 3. The van der Waals surface area contributed by atoms with E-state index in [1.165, 1.54) is 0 Å². The SMILES string of the molecule is C[C@H](NC(=O)C1(N)CCCCC1)C(N)=O.Cl. The Bertz CT molecular complexity index is 265. The molecule has 0 heterocycles. The molecule has 0 unspecified atom stereocenters. The molecule has 0 aromatic rings. The molecule has 1 atom stereocenters. The highest BCUT2D eigenvalue weighted by molar-refractivity contribution is 5.91. The van der Waals surface area contributed by atoms with Crippen LogP contribution >= 0.6 is 12.4 Å². The molecular weight excluding hydrogens is 230 g/mol. The molecule has 0 radical (unpaired) electrons. The predicted molar refractivity (Wildman–Crippen MR) is 64.1 cm³/mol. The van der Waals surface area contributed by atoms with E-state index >= 15 is 0 Å². The average molecular weight is 250 g/mol. The average Bonchev–Trinajstić information content (AvgIpc) is 2.18. The molecule has 94 valence electrons. The molecule has 0 saturated heterocycles. The first-order chi connectivity index (χ1) is 6.96. The second kappa shape index (κ2) is 6.06. The molecule has 1 aliphatic rings. The van der Waals surface area contributed by atoms with Crippen LogP contribution in [0, 0.1) is 0 Å². The summed E-state index contributed by atoms with van der Waals surface area (Å²) in [5.74, 6) is -0.795. The zero-order valence-electron chi connectivity index (χ0n) is 9.49. The molecule has 5 nitrogen and oxygen atoms in total. The van der Waals surface area contributed by atoms with Gasteiger partial charge in [0.05, 0.1) is 5.54 Å². The number of halogens is 1. The Morgan fingerprint density at radius 1 is 1.25 bits per heavy atom. The molecule has 5 N–H and O–H groups in total. The minimum Gasteiger partial charge on any atom is -0.368 e. The summed E-state index contributed by atoms with van der Waals surface area (Å²) in [6.45, 7) is 1.56. The van der Waals surface area contributed by atoms with Crippen LogP contribution in [0.15, 0.2) is 0 Å². The molecule has 2 amide bonds. The maximum absolute atomic E-state index is 11.8. The Kier molecular flexibility index (Phi) is 5.75. The van der Waals surface area contributed by atoms with Crippen LogP contribution in [0.2, 0.25) is 0 Å². The molecule has 6 heteroatoms. The number of hydrogen-bond donors (Lipinski definition) is 3. The van der Waals surface area contributed by atoms with E-state index in [1.807, 2.05) is 0 Å². The first-order valence-corrected chi connectivity index (χ1v) is 5.35. The topological polar surface area (TPSA) is 98.2 Å². The zero-order valence-corrected chi connectivity index (χ0v) is 10.3. The van der Waals surface area contributed by atoms with E-state index in [9.17, 15) is 9.59 Å². The summed E-state index contributed by atoms with van der Waals surface area (Å²) in [6, 6.07) is -0.653. The van der Waals surface area contributed by atoms with Gasteiger partial charge < -0.3 is 16.8 Å². The van der Waals surface area contributed by atoms with Gasteiger partial charge in [-0.2, -0.15) is 0 Å². The summed E-state index contributed by atoms with van der Waals surface area (Å²) >= 11 is 0. The Labute approximate surface area is 102 Å². The highest BCUT2D eigenvalue weighted by Crippen LogP contribution is 2.25. The zero-order chi connectivity index (χ0) is 11.5. The van der Waals surface area contributed by atoms with Gasteiger partial charge in [0, 0.05) is 0 Å². The van der Waals surface area contributed by atoms with Crippen LogP contribution in [0.5, 0.6) is 0 Å². The van der Waals surface area contributed by atoms with Crippen molar-refractivity contribution < 1.29 is 9.59 Å². The van der Waals surface area contributed by atoms with Gasteiger partial charge in [-0.3, -0.25) is 9.59 Å². The predicted octanol–water partition coefficient (Wildman–Crippen LogP) is 0.0598. The number of carbonyl (C=O) groups is 2. The second-order valence-electron chi connectivity index (χ2n) is 4.31. The molecule has 1 fully saturated rings. The summed E-state index contributed by atoms with van der Waals surface area (Å²) in [6.07, 6.45) is 4.43. The van der Waals surface area contributed by atoms with Crippen molar-refractivity contribution in [1.82, 2.24) is 5.32 Å². The summed E-state index contributed by atoms with van der Waals surface area (Å²) in [5, 5.41) is 2.55. The molecule has 1 aliphatic carbocycles. The lowest BCUT2D eigenvalue weighted by atomic mass is 9.82. The number of nitrogens with two attached hydrogens (primary N) is 2. The largest absolute Gasteiger partial charge is 0.368 e. The molecule has 1 saturated carbocycles. The van der Waals surface area contributed by atoms with E-state index < -0.39 is 17.5 Å². The van der Waals surface area contributed by atoms with Crippen molar-refractivity contribution >= 4 is 24.2 Å². The standard InChI is InChI=1S/C10H19N3O2.ClH/c1-7(8(11)14)13-9(15)10(12)5-3-2-4-6-10;/h7H,2-6,12H2,1H3,(H2,11,14)(H,13,15);1H/t7-;/m0./s1. The fraction of sp³-hybridized carbons (Fsp3) is 0.800. The molecule has 0 aliphatic heterocycles. The lowest BCUT2D eigenvalue weighted by Crippen LogP contribution is -2.58. The van der Waals surface area contributed by atoms with Crippen molar-refractivity contribution in [3.05, 3.63) is 0 Å². The first kappa shape index (κ1) is 15.2. The third kappa shape index (κ3) is 3.64. The lowest BCUT2D eigenvalue weighted by Gasteiger charge is -2.32. The van der Waals surface area contributed by atoms with E-state index in [0.29, 0.717) is 12.8 Å². The highest BCUT2D eigenvalue weighted by atomic mass is 35.5. The fourth-order valence-corrected chi connectivity index (χ4v) is 1.82. The Morgan fingerprint density at radius 2 is 1.75 bits per heavy atom. The van der Waals surface area contributed by atoms with E-state index in [2.05, 4.69) is 5.32 Å². The van der Waals surface area contributed by atoms with Crippen molar-refractivity contribution in [3.8, 4) is 0 Å². The van der Waals surface area contributed by atoms with Crippen LogP contribution in [0.4, 0.5) is 0 Å². The molecular formula is C10H20ClN3O2. The van der Waals surface area contributed by atoms with Gasteiger partial charge in [0.15, 0.2) is 0 Å². The molecule has 0 aromatic carbocycles. The van der Waals surface area contributed by atoms with Gasteiger partial charge in [0.25, 0.3) is 0 Å². The Hall–Kier alpha value is -0.810. The van der Waals surface area contributed by atoms with Crippen LogP contribution in [0.25, 0.3) is 0 Å². The molecule has 0 aromatic heterocycles. The third-order valence-corrected chi connectivity index (χ3v) is 2.97. The van der Waals surface area contributed by atoms with Crippen molar-refractivity contribution in [2.24, 2.45) is 11.5 Å². The van der Waals surface area contributed by atoms with Crippen LogP contribution < -0.4 is 16.8 Å². The molecule has 1 rings (SSSR count). The highest BCUT2D eigenvalue weighted by Gasteiger charge is 2.36. The van der Waals surface area contributed by atoms with Crippen LogP contribution in [0.1, 0.15) is 39.0 Å². The minimum atomic E-state index is -0.804. The van der Waals surface area contributed by atoms with Crippen molar-refractivity contribution in [2.45, 2.75) is 50.6 Å². The van der Waals surface area contributed by atoms with Crippen molar-refractivity contribution in [1.29, 1.82) is 0 Å². The Morgan fingerprint density at radius 3 is 2.19 bits per heavy atom. The van der Waals surface area contributed by atoms with E-state index in [0.717, 1.165) is 19.3 Å². The maximum Gasteiger partial charge on any atom is 0.240 e. The van der Waals surface area contributed by atoms with Gasteiger partial charge in [-0.05, 0) is 19.8 Å². The summed E-state index contributed by atoms with van der Waals surface area (Å²) < 4.78 is 0. The number of amides is 2. The number of nitrogens with one attached hydrogen (secondary N) is 1. The van der Waals surface area contributed by atoms with Crippen molar-refractivity contribution in [2.75, 3.05) is 0 Å². The van der Waals surface area contributed by atoms with Gasteiger partial charge >= 0.3 is 0 Å². The monoisotopic (exact) mass is 249 g/mol. The van der Waals surface area contributed by atoms with E-state index in [4.69, 9.17) is 11.5 Å². The normalized spacial score (nSPS) is 20.4. The second-order valence-corrected chi connectivity index (χ2v) is 4.31. The molecule has 0 bridgehead atoms. The number of hydrogen-bond acceptors (Lipinski definition) is 3. The smallest absolute Gasteiger partial charge is 0.240 e. The first-order valence-electron chi connectivity index (χ1n) is 5.35. The maximum atomic E-state index is 11.8. The van der Waals surface area contributed by atoms with Gasteiger partial charge in [-0.15, -0.1) is 12.4 Å². The fourth-order valence-electron chi connectivity index (χ4n) is 1.82. The lowest BCUT2D eigenvalue weighted by molar-refractivity contribution is -0.131. The van der Waals surface area contributed by atoms with Crippen molar-refractivity contribution in [3.63, 3.8) is 0 Å². The van der Waals surface area contributed by atoms with Crippen LogP contribution in [-0.4, -0.2) is 23.4 Å². The summed E-state index contributed by atoms with van der Waals surface area (Å²) in [4.78, 5) is 22.6. The summed E-state index contributed by atoms with van der Waals surface area (Å²) in [5.41, 5.74) is 10.2. The van der Waals surface area contributed by atoms with Gasteiger partial charge in [0.1, 0.15) is 6.04 Å². The third-order valence-electron chi connectivity index (χ3n) is 2.97. The quantitative estimate of drug-likeness (QED) is 0.660. The van der Waals surface area contributed by atoms with Gasteiger partial charge in [-0.1, -0.05) is 19.3 Å². The van der Waals surface area contributed by atoms with Crippen LogP contribution in [0.3, 0.4) is 0 Å². The van der Waals surface area contributed by atoms with Gasteiger partial charge in [0.2, 0.25) is 11.8 Å². The number of carbonyl (C=O) groups excluding carboxylic acids is 2. The van der Waals surface area contributed by atoms with E-state index in [1.54, 1.807) is 6.92 Å². The Balaban J connectivity index is 0.00000225. The van der Waals surface area contributed by atoms with Crippen LogP contribution in [-0.2, 0) is 9.59 Å². The van der Waals surface area contributed by atoms with Gasteiger partial charge in [-0.25, -0.2) is 0 Å². The minimum absolute atomic E-state index is 0. The molecule has 0 spiro atoms. The number of primary amides is 1. The van der Waals surface area contributed by atoms with E-state index in [-0.39, 0.29) is 18.3 Å². The molecule has 16 heavy (non-hydrogen) atoms.